The normalized spacial score (nSPS) is 17.2. The Kier molecular flexibility index (Phi) is 6.73. The maximum Gasteiger partial charge on any atom is 0.226 e. The number of aliphatic hydroxyl groups is 1. The number of aliphatic hydroxyl groups excluding tert-OH is 1. The molecule has 0 radical (unpaired) electrons. The Labute approximate surface area is 181 Å². The number of halogens is 1. The van der Waals surface area contributed by atoms with Gasteiger partial charge in [-0.1, -0.05) is 31.2 Å². The van der Waals surface area contributed by atoms with Crippen molar-refractivity contribution < 1.29 is 5.11 Å². The third-order valence-corrected chi connectivity index (χ3v) is 5.04. The van der Waals surface area contributed by atoms with Crippen molar-refractivity contribution in [3.63, 3.8) is 0 Å². The number of rotatable bonds is 7. The average Bonchev–Trinajstić information content (AvgIpc) is 3.06. The Hall–Kier alpha value is -2.91. The van der Waals surface area contributed by atoms with Crippen LogP contribution in [0.15, 0.2) is 24.3 Å². The minimum absolute atomic E-state index is 0. The molecular formula is C20H27ClN8O. The third kappa shape index (κ3) is 4.03. The molecule has 0 saturated carbocycles. The number of nitrogens with one attached hydrogen (secondary N) is 4. The van der Waals surface area contributed by atoms with E-state index >= 15 is 0 Å². The van der Waals surface area contributed by atoms with Crippen molar-refractivity contribution in [3.8, 4) is 0 Å². The Morgan fingerprint density at radius 1 is 0.967 bits per heavy atom. The van der Waals surface area contributed by atoms with Crippen LogP contribution in [0, 0.1) is 0 Å². The SMILES string of the molecule is CCCNc1nc(NC)c2nc(N[C@@H]3c4ccccc4C[C@@H]3O)nc(NC)c2n1.Cl. The second kappa shape index (κ2) is 9.27. The molecule has 0 aliphatic heterocycles. The summed E-state index contributed by atoms with van der Waals surface area (Å²) in [6.45, 7) is 2.87. The summed E-state index contributed by atoms with van der Waals surface area (Å²) in [4.78, 5) is 18.4. The minimum Gasteiger partial charge on any atom is -0.390 e. The van der Waals surface area contributed by atoms with Crippen LogP contribution in [-0.2, 0) is 6.42 Å². The van der Waals surface area contributed by atoms with E-state index in [4.69, 9.17) is 0 Å². The lowest BCUT2D eigenvalue weighted by Gasteiger charge is -2.19. The lowest BCUT2D eigenvalue weighted by Crippen LogP contribution is -2.22. The van der Waals surface area contributed by atoms with Crippen molar-refractivity contribution in [2.24, 2.45) is 0 Å². The van der Waals surface area contributed by atoms with E-state index in [9.17, 15) is 5.11 Å². The molecule has 1 aliphatic carbocycles. The largest absolute Gasteiger partial charge is 0.390 e. The van der Waals surface area contributed by atoms with Crippen molar-refractivity contribution in [3.05, 3.63) is 35.4 Å². The van der Waals surface area contributed by atoms with E-state index in [1.807, 2.05) is 24.3 Å². The molecule has 0 saturated heterocycles. The predicted octanol–water partition coefficient (Wildman–Crippen LogP) is 2.82. The zero-order chi connectivity index (χ0) is 20.4. The molecule has 30 heavy (non-hydrogen) atoms. The van der Waals surface area contributed by atoms with E-state index in [1.165, 1.54) is 0 Å². The molecule has 0 amide bonds. The summed E-state index contributed by atoms with van der Waals surface area (Å²) < 4.78 is 0. The summed E-state index contributed by atoms with van der Waals surface area (Å²) in [5.41, 5.74) is 3.44. The molecule has 1 aromatic carbocycles. The van der Waals surface area contributed by atoms with Gasteiger partial charge in [-0.15, -0.1) is 12.4 Å². The molecule has 9 nitrogen and oxygen atoms in total. The smallest absolute Gasteiger partial charge is 0.226 e. The minimum atomic E-state index is -0.537. The summed E-state index contributed by atoms with van der Waals surface area (Å²) in [6, 6.07) is 7.76. The predicted molar refractivity (Wildman–Crippen MR) is 123 cm³/mol. The van der Waals surface area contributed by atoms with Crippen molar-refractivity contribution in [1.82, 2.24) is 19.9 Å². The van der Waals surface area contributed by atoms with Crippen LogP contribution in [0.1, 0.15) is 30.5 Å². The second-order valence-electron chi connectivity index (χ2n) is 7.01. The highest BCUT2D eigenvalue weighted by Crippen LogP contribution is 2.34. The first-order valence-electron chi connectivity index (χ1n) is 9.86. The number of hydrogen-bond acceptors (Lipinski definition) is 9. The van der Waals surface area contributed by atoms with Crippen LogP contribution in [0.25, 0.3) is 11.0 Å². The number of benzene rings is 1. The highest BCUT2D eigenvalue weighted by molar-refractivity contribution is 5.94. The molecule has 3 aromatic rings. The lowest BCUT2D eigenvalue weighted by atomic mass is 10.1. The fraction of sp³-hybridized carbons (Fsp3) is 0.400. The van der Waals surface area contributed by atoms with Gasteiger partial charge in [-0.3, -0.25) is 0 Å². The molecule has 4 rings (SSSR count). The molecule has 0 spiro atoms. The van der Waals surface area contributed by atoms with Gasteiger partial charge in [0.2, 0.25) is 11.9 Å². The summed E-state index contributed by atoms with van der Waals surface area (Å²) >= 11 is 0. The molecule has 1 aliphatic rings. The van der Waals surface area contributed by atoms with Gasteiger partial charge in [0, 0.05) is 27.1 Å². The van der Waals surface area contributed by atoms with Crippen LogP contribution < -0.4 is 21.3 Å². The summed E-state index contributed by atoms with van der Waals surface area (Å²) in [5, 5.41) is 23.3. The second-order valence-corrected chi connectivity index (χ2v) is 7.01. The van der Waals surface area contributed by atoms with Gasteiger partial charge in [0.1, 0.15) is 11.0 Å². The average molecular weight is 431 g/mol. The van der Waals surface area contributed by atoms with E-state index in [-0.39, 0.29) is 18.4 Å². The van der Waals surface area contributed by atoms with Gasteiger partial charge in [-0.25, -0.2) is 9.97 Å². The molecule has 2 aromatic heterocycles. The molecule has 0 bridgehead atoms. The Bertz CT molecular complexity index is 1030. The molecule has 2 atom stereocenters. The summed E-state index contributed by atoms with van der Waals surface area (Å²) in [7, 11) is 3.60. The number of fused-ring (bicyclic) bond motifs is 2. The Balaban J connectivity index is 0.00000256. The summed E-state index contributed by atoms with van der Waals surface area (Å²) in [6.07, 6.45) is 1.04. The molecular weight excluding hydrogens is 404 g/mol. The fourth-order valence-corrected chi connectivity index (χ4v) is 3.63. The van der Waals surface area contributed by atoms with Gasteiger partial charge in [0.25, 0.3) is 0 Å². The molecule has 160 valence electrons. The van der Waals surface area contributed by atoms with Crippen molar-refractivity contribution in [2.45, 2.75) is 31.9 Å². The number of aromatic nitrogens is 4. The lowest BCUT2D eigenvalue weighted by molar-refractivity contribution is 0.165. The van der Waals surface area contributed by atoms with Crippen LogP contribution in [0.4, 0.5) is 23.5 Å². The van der Waals surface area contributed by atoms with Crippen molar-refractivity contribution in [1.29, 1.82) is 0 Å². The van der Waals surface area contributed by atoms with Crippen LogP contribution >= 0.6 is 12.4 Å². The number of anilines is 4. The first-order valence-corrected chi connectivity index (χ1v) is 9.86. The molecule has 5 N–H and O–H groups in total. The van der Waals surface area contributed by atoms with Gasteiger partial charge in [-0.05, 0) is 17.5 Å². The van der Waals surface area contributed by atoms with Crippen LogP contribution in [-0.4, -0.2) is 51.8 Å². The zero-order valence-corrected chi connectivity index (χ0v) is 18.0. The quantitative estimate of drug-likeness (QED) is 0.385. The summed E-state index contributed by atoms with van der Waals surface area (Å²) in [5.74, 6) is 2.15. The zero-order valence-electron chi connectivity index (χ0n) is 17.2. The van der Waals surface area contributed by atoms with Crippen molar-refractivity contribution in [2.75, 3.05) is 41.9 Å². The van der Waals surface area contributed by atoms with Gasteiger partial charge in [-0.2, -0.15) is 9.97 Å². The number of nitrogens with zero attached hydrogens (tertiary/aromatic N) is 4. The van der Waals surface area contributed by atoms with E-state index in [1.54, 1.807) is 14.1 Å². The van der Waals surface area contributed by atoms with Gasteiger partial charge in [0.05, 0.1) is 12.1 Å². The first kappa shape index (κ1) is 21.8. The van der Waals surface area contributed by atoms with Crippen molar-refractivity contribution >= 4 is 47.0 Å². The van der Waals surface area contributed by atoms with E-state index in [2.05, 4.69) is 48.1 Å². The van der Waals surface area contributed by atoms with Gasteiger partial charge < -0.3 is 26.4 Å². The fourth-order valence-electron chi connectivity index (χ4n) is 3.63. The van der Waals surface area contributed by atoms with Crippen LogP contribution in [0.2, 0.25) is 0 Å². The highest BCUT2D eigenvalue weighted by atomic mass is 35.5. The van der Waals surface area contributed by atoms with Gasteiger partial charge >= 0.3 is 0 Å². The first-order chi connectivity index (χ1) is 14.1. The van der Waals surface area contributed by atoms with Crippen LogP contribution in [0.5, 0.6) is 0 Å². The Morgan fingerprint density at radius 2 is 1.60 bits per heavy atom. The van der Waals surface area contributed by atoms with E-state index in [0.29, 0.717) is 41.0 Å². The molecule has 0 unspecified atom stereocenters. The maximum absolute atomic E-state index is 10.6. The topological polar surface area (TPSA) is 120 Å². The van der Waals surface area contributed by atoms with E-state index in [0.717, 1.165) is 24.1 Å². The molecule has 0 fully saturated rings. The van der Waals surface area contributed by atoms with E-state index < -0.39 is 6.10 Å². The standard InChI is InChI=1S/C20H26N8O.ClH/c1-4-9-23-19-25-15-16(17(21-2)27-19)26-20(28-18(15)22-3)24-14-12-8-6-5-7-11(12)10-13(14)29;/h5-8,13-14,29H,4,9-10H2,1-3H3,(H2,21,23,25,27)(H2,22,24,26,28);1H/t13-,14+;/m0./s1. The molecule has 2 heterocycles. The Morgan fingerprint density at radius 3 is 2.27 bits per heavy atom. The third-order valence-electron chi connectivity index (χ3n) is 5.04. The maximum atomic E-state index is 10.6. The van der Waals surface area contributed by atoms with Crippen LogP contribution in [0.3, 0.4) is 0 Å². The number of hydrogen-bond donors (Lipinski definition) is 5. The monoisotopic (exact) mass is 430 g/mol. The highest BCUT2D eigenvalue weighted by Gasteiger charge is 2.31. The molecule has 10 heteroatoms. The van der Waals surface area contributed by atoms with Gasteiger partial charge in [0.15, 0.2) is 11.6 Å².